The molecule has 5 atom stereocenters. The van der Waals surface area contributed by atoms with E-state index in [1.165, 1.54) is 10.6 Å². The molecule has 2 aliphatic carbocycles. The minimum atomic E-state index is -0.436. The maximum absolute atomic E-state index is 11.8. The van der Waals surface area contributed by atoms with Crippen LogP contribution in [0.15, 0.2) is 23.1 Å². The van der Waals surface area contributed by atoms with Gasteiger partial charge in [-0.2, -0.15) is 0 Å². The zero-order valence-corrected chi connectivity index (χ0v) is 18.1. The monoisotopic (exact) mass is 391 g/mol. The van der Waals surface area contributed by atoms with Crippen molar-refractivity contribution in [2.75, 3.05) is 13.2 Å². The number of aromatic nitrogens is 1. The Morgan fingerprint density at radius 1 is 1.21 bits per heavy atom. The van der Waals surface area contributed by atoms with Gasteiger partial charge in [0.1, 0.15) is 5.75 Å². The van der Waals surface area contributed by atoms with Crippen LogP contribution >= 0.6 is 0 Å². The lowest BCUT2D eigenvalue weighted by atomic mass is 9.42. The fraction of sp³-hybridized carbons (Fsp3) is 0.783. The first-order valence-corrected chi connectivity index (χ1v) is 10.6. The van der Waals surface area contributed by atoms with Crippen LogP contribution in [0.3, 0.4) is 0 Å². The van der Waals surface area contributed by atoms with Crippen molar-refractivity contribution in [1.82, 2.24) is 4.57 Å². The van der Waals surface area contributed by atoms with Crippen LogP contribution in [-0.4, -0.2) is 34.1 Å². The average molecular weight is 392 g/mol. The van der Waals surface area contributed by atoms with E-state index in [0.29, 0.717) is 24.2 Å². The Morgan fingerprint density at radius 2 is 1.93 bits per heavy atom. The third kappa shape index (κ3) is 3.52. The standard InChI is InChI=1S/C23H37NO4/c1-21(2)10-6-18-22(3,11-7-19(26)23(18,4)15-25)17(21)9-13-28-16-8-12-24(5)20(27)14-16/h8,12,14,17-19,25-26H,6-7,9-11,13,15H2,1-5H3/t17-,18?,19-,22+,23+/m1/s1. The third-order valence-corrected chi connectivity index (χ3v) is 8.22. The van der Waals surface area contributed by atoms with Crippen molar-refractivity contribution in [2.24, 2.45) is 35.1 Å². The van der Waals surface area contributed by atoms with Crippen molar-refractivity contribution in [3.8, 4) is 5.75 Å². The number of rotatable bonds is 5. The second-order valence-corrected chi connectivity index (χ2v) is 10.3. The van der Waals surface area contributed by atoms with E-state index in [9.17, 15) is 15.0 Å². The molecule has 5 nitrogen and oxygen atoms in total. The number of ether oxygens (including phenoxy) is 1. The molecule has 0 aliphatic heterocycles. The summed E-state index contributed by atoms with van der Waals surface area (Å²) in [6.45, 7) is 9.72. The summed E-state index contributed by atoms with van der Waals surface area (Å²) >= 11 is 0. The molecule has 0 amide bonds. The topological polar surface area (TPSA) is 71.7 Å². The van der Waals surface area contributed by atoms with E-state index in [0.717, 1.165) is 32.1 Å². The van der Waals surface area contributed by atoms with Gasteiger partial charge in [0.05, 0.1) is 19.3 Å². The molecule has 0 spiro atoms. The SMILES string of the molecule is Cn1ccc(OCC[C@@H]2C(C)(C)CCC3[C@](C)(CO)[C@H](O)CC[C@]32C)cc1=O. The van der Waals surface area contributed by atoms with Gasteiger partial charge in [-0.25, -0.2) is 0 Å². The molecule has 5 heteroatoms. The van der Waals surface area contributed by atoms with Gasteiger partial charge in [-0.05, 0) is 60.8 Å². The van der Waals surface area contributed by atoms with Gasteiger partial charge >= 0.3 is 0 Å². The van der Waals surface area contributed by atoms with Gasteiger partial charge in [0.15, 0.2) is 0 Å². The number of aliphatic hydroxyl groups is 2. The van der Waals surface area contributed by atoms with Crippen molar-refractivity contribution >= 4 is 0 Å². The van der Waals surface area contributed by atoms with Crippen LogP contribution < -0.4 is 10.3 Å². The lowest BCUT2D eigenvalue weighted by Gasteiger charge is -2.63. The average Bonchev–Trinajstić information content (AvgIpc) is 2.63. The number of fused-ring (bicyclic) bond motifs is 1. The van der Waals surface area contributed by atoms with Crippen LogP contribution in [0.25, 0.3) is 0 Å². The molecule has 2 N–H and O–H groups in total. The molecule has 158 valence electrons. The highest BCUT2D eigenvalue weighted by molar-refractivity contribution is 5.18. The number of aliphatic hydroxyl groups excluding tert-OH is 2. The van der Waals surface area contributed by atoms with Gasteiger partial charge in [0.25, 0.3) is 5.56 Å². The van der Waals surface area contributed by atoms with Crippen molar-refractivity contribution in [3.63, 3.8) is 0 Å². The van der Waals surface area contributed by atoms with Gasteiger partial charge in [-0.3, -0.25) is 4.79 Å². The first kappa shape index (κ1) is 21.4. The molecule has 1 unspecified atom stereocenters. The highest BCUT2D eigenvalue weighted by Crippen LogP contribution is 2.64. The van der Waals surface area contributed by atoms with Gasteiger partial charge in [-0.15, -0.1) is 0 Å². The zero-order valence-electron chi connectivity index (χ0n) is 18.1. The molecule has 1 heterocycles. The summed E-state index contributed by atoms with van der Waals surface area (Å²) in [7, 11) is 1.73. The first-order chi connectivity index (χ1) is 13.0. The van der Waals surface area contributed by atoms with Crippen molar-refractivity contribution in [2.45, 2.75) is 65.9 Å². The minimum Gasteiger partial charge on any atom is -0.493 e. The van der Waals surface area contributed by atoms with E-state index < -0.39 is 11.5 Å². The number of hydrogen-bond donors (Lipinski definition) is 2. The smallest absolute Gasteiger partial charge is 0.253 e. The van der Waals surface area contributed by atoms with Crippen LogP contribution in [0.1, 0.15) is 59.8 Å². The van der Waals surface area contributed by atoms with Gasteiger partial charge in [0.2, 0.25) is 0 Å². The van der Waals surface area contributed by atoms with Crippen LogP contribution in [0.4, 0.5) is 0 Å². The largest absolute Gasteiger partial charge is 0.493 e. The molecule has 0 bridgehead atoms. The molecular weight excluding hydrogens is 354 g/mol. The molecule has 1 aromatic rings. The molecule has 0 saturated heterocycles. The summed E-state index contributed by atoms with van der Waals surface area (Å²) in [5.74, 6) is 1.36. The molecular formula is C23H37NO4. The van der Waals surface area contributed by atoms with E-state index in [1.807, 2.05) is 6.07 Å². The first-order valence-electron chi connectivity index (χ1n) is 10.6. The van der Waals surface area contributed by atoms with Crippen LogP contribution in [0, 0.1) is 28.1 Å². The maximum Gasteiger partial charge on any atom is 0.253 e. The zero-order chi connectivity index (χ0) is 20.7. The minimum absolute atomic E-state index is 0.0331. The lowest BCUT2D eigenvalue weighted by Crippen LogP contribution is -2.60. The number of aryl methyl sites for hydroxylation is 1. The van der Waals surface area contributed by atoms with Gasteiger partial charge < -0.3 is 19.5 Å². The Labute approximate surface area is 168 Å². The summed E-state index contributed by atoms with van der Waals surface area (Å²) in [5.41, 5.74) is -0.259. The molecule has 2 fully saturated rings. The summed E-state index contributed by atoms with van der Waals surface area (Å²) in [4.78, 5) is 11.8. The van der Waals surface area contributed by atoms with Crippen LogP contribution in [0.5, 0.6) is 5.75 Å². The Balaban J connectivity index is 1.79. The molecule has 3 rings (SSSR count). The van der Waals surface area contributed by atoms with Crippen LogP contribution in [-0.2, 0) is 7.05 Å². The third-order valence-electron chi connectivity index (χ3n) is 8.22. The summed E-state index contributed by atoms with van der Waals surface area (Å²) in [6, 6.07) is 3.37. The van der Waals surface area contributed by atoms with E-state index in [4.69, 9.17) is 4.74 Å². The lowest BCUT2D eigenvalue weighted by molar-refractivity contribution is -0.188. The maximum atomic E-state index is 11.8. The fourth-order valence-corrected chi connectivity index (χ4v) is 6.45. The molecule has 28 heavy (non-hydrogen) atoms. The van der Waals surface area contributed by atoms with Crippen LogP contribution in [0.2, 0.25) is 0 Å². The molecule has 1 aromatic heterocycles. The Kier molecular flexibility index (Phi) is 5.72. The van der Waals surface area contributed by atoms with E-state index >= 15 is 0 Å². The predicted molar refractivity (Wildman–Crippen MR) is 110 cm³/mol. The second kappa shape index (κ2) is 7.49. The van der Waals surface area contributed by atoms with E-state index in [-0.39, 0.29) is 23.0 Å². The predicted octanol–water partition coefficient (Wildman–Crippen LogP) is 3.37. The normalized spacial score (nSPS) is 37.3. The molecule has 2 aliphatic rings. The van der Waals surface area contributed by atoms with Crippen molar-refractivity contribution < 1.29 is 14.9 Å². The van der Waals surface area contributed by atoms with Gasteiger partial charge in [-0.1, -0.05) is 27.7 Å². The summed E-state index contributed by atoms with van der Waals surface area (Å²) < 4.78 is 7.48. The highest BCUT2D eigenvalue weighted by Gasteiger charge is 2.60. The second-order valence-electron chi connectivity index (χ2n) is 10.3. The van der Waals surface area contributed by atoms with Crippen molar-refractivity contribution in [3.05, 3.63) is 28.7 Å². The summed E-state index contributed by atoms with van der Waals surface area (Å²) in [6.07, 6.45) is 6.06. The highest BCUT2D eigenvalue weighted by atomic mass is 16.5. The molecule has 0 radical (unpaired) electrons. The number of pyridine rings is 1. The Hall–Kier alpha value is -1.33. The van der Waals surface area contributed by atoms with E-state index in [2.05, 4.69) is 27.7 Å². The van der Waals surface area contributed by atoms with E-state index in [1.54, 1.807) is 13.2 Å². The number of nitrogens with zero attached hydrogens (tertiary/aromatic N) is 1. The molecule has 0 aromatic carbocycles. The molecule has 2 saturated carbocycles. The van der Waals surface area contributed by atoms with Crippen molar-refractivity contribution in [1.29, 1.82) is 0 Å². The van der Waals surface area contributed by atoms with Gasteiger partial charge in [0, 0.05) is 24.7 Å². The Bertz CT molecular complexity index is 757. The number of hydrogen-bond acceptors (Lipinski definition) is 4. The summed E-state index contributed by atoms with van der Waals surface area (Å²) in [5, 5.41) is 20.8. The Morgan fingerprint density at radius 3 is 2.57 bits per heavy atom. The fourth-order valence-electron chi connectivity index (χ4n) is 6.45. The quantitative estimate of drug-likeness (QED) is 0.807.